The summed E-state index contributed by atoms with van der Waals surface area (Å²) in [7, 11) is 0. The molecule has 0 aromatic heterocycles. The van der Waals surface area contributed by atoms with Crippen LogP contribution in [0.3, 0.4) is 0 Å². The topological polar surface area (TPSA) is 95.9 Å². The molecule has 1 amide bonds. The quantitative estimate of drug-likeness (QED) is 0.0321. The monoisotopic (exact) mass is 918 g/mol. The van der Waals surface area contributed by atoms with E-state index in [1.54, 1.807) is 0 Å². The number of rotatable bonds is 55. The number of esters is 1. The second-order valence-corrected chi connectivity index (χ2v) is 20.3. The molecular weight excluding hydrogens is 803 g/mol. The third kappa shape index (κ3) is 51.8. The third-order valence-electron chi connectivity index (χ3n) is 13.8. The molecular formula is C59H115NO5. The van der Waals surface area contributed by atoms with Crippen molar-refractivity contribution in [1.82, 2.24) is 5.32 Å². The molecule has 2 atom stereocenters. The van der Waals surface area contributed by atoms with Crippen molar-refractivity contribution in [3.05, 3.63) is 12.2 Å². The van der Waals surface area contributed by atoms with Crippen LogP contribution in [0.4, 0.5) is 0 Å². The van der Waals surface area contributed by atoms with Crippen LogP contribution < -0.4 is 5.32 Å². The van der Waals surface area contributed by atoms with Crippen LogP contribution >= 0.6 is 0 Å². The van der Waals surface area contributed by atoms with Crippen molar-refractivity contribution in [3.63, 3.8) is 0 Å². The fourth-order valence-corrected chi connectivity index (χ4v) is 9.27. The molecule has 0 saturated heterocycles. The van der Waals surface area contributed by atoms with Crippen molar-refractivity contribution in [1.29, 1.82) is 0 Å². The first-order valence-electron chi connectivity index (χ1n) is 29.4. The van der Waals surface area contributed by atoms with Gasteiger partial charge in [-0.25, -0.2) is 0 Å². The Labute approximate surface area is 406 Å². The number of aliphatic hydroxyl groups excluding tert-OH is 2. The molecule has 0 aromatic carbocycles. The van der Waals surface area contributed by atoms with Crippen LogP contribution in [0.25, 0.3) is 0 Å². The highest BCUT2D eigenvalue weighted by Crippen LogP contribution is 2.18. The average molecular weight is 919 g/mol. The van der Waals surface area contributed by atoms with Gasteiger partial charge < -0.3 is 20.3 Å². The molecule has 6 nitrogen and oxygen atoms in total. The maximum absolute atomic E-state index is 12.5. The van der Waals surface area contributed by atoms with Gasteiger partial charge in [0, 0.05) is 12.8 Å². The van der Waals surface area contributed by atoms with Crippen LogP contribution in [0, 0.1) is 0 Å². The molecule has 0 aliphatic carbocycles. The van der Waals surface area contributed by atoms with E-state index in [0.717, 1.165) is 44.9 Å². The number of nitrogens with one attached hydrogen (secondary N) is 1. The molecule has 0 rings (SSSR count). The van der Waals surface area contributed by atoms with Gasteiger partial charge in [0.15, 0.2) is 0 Å². The van der Waals surface area contributed by atoms with E-state index in [-0.39, 0.29) is 18.5 Å². The smallest absolute Gasteiger partial charge is 0.305 e. The highest BCUT2D eigenvalue weighted by atomic mass is 16.5. The molecule has 6 heteroatoms. The second-order valence-electron chi connectivity index (χ2n) is 20.3. The van der Waals surface area contributed by atoms with Crippen molar-refractivity contribution < 1.29 is 24.5 Å². The summed E-state index contributed by atoms with van der Waals surface area (Å²) in [6, 6.07) is -0.539. The SMILES string of the molecule is CCCC/C=C\CCCCCCCC(=O)OCCCCCCCCCCCCCCCCCCCCCCCCCC(=O)NC(CO)C(O)CCCCCCCCCCCCCCCC. The predicted octanol–water partition coefficient (Wildman–Crippen LogP) is 18.1. The molecule has 386 valence electrons. The highest BCUT2D eigenvalue weighted by molar-refractivity contribution is 5.76. The van der Waals surface area contributed by atoms with Crippen LogP contribution in [0.15, 0.2) is 12.2 Å². The maximum atomic E-state index is 12.5. The van der Waals surface area contributed by atoms with E-state index in [9.17, 15) is 19.8 Å². The summed E-state index contributed by atoms with van der Waals surface area (Å²) in [5.41, 5.74) is 0. The van der Waals surface area contributed by atoms with Gasteiger partial charge in [-0.2, -0.15) is 0 Å². The molecule has 0 bridgehead atoms. The lowest BCUT2D eigenvalue weighted by atomic mass is 10.0. The lowest BCUT2D eigenvalue weighted by Gasteiger charge is -2.22. The Balaban J connectivity index is 3.37. The van der Waals surface area contributed by atoms with E-state index in [2.05, 4.69) is 31.3 Å². The summed E-state index contributed by atoms with van der Waals surface area (Å²) < 4.78 is 5.46. The van der Waals surface area contributed by atoms with Crippen molar-refractivity contribution in [2.75, 3.05) is 13.2 Å². The van der Waals surface area contributed by atoms with Gasteiger partial charge in [-0.05, 0) is 44.9 Å². The van der Waals surface area contributed by atoms with Gasteiger partial charge in [-0.1, -0.05) is 283 Å². The first-order chi connectivity index (χ1) is 32.0. The molecule has 0 aromatic rings. The average Bonchev–Trinajstić information content (AvgIpc) is 3.31. The zero-order chi connectivity index (χ0) is 47.2. The largest absolute Gasteiger partial charge is 0.466 e. The van der Waals surface area contributed by atoms with Crippen molar-refractivity contribution >= 4 is 11.9 Å². The van der Waals surface area contributed by atoms with Gasteiger partial charge >= 0.3 is 5.97 Å². The standard InChI is InChI=1S/C59H115NO5/c1-3-5-7-9-11-13-15-16-28-32-35-39-43-47-51-57(62)56(55-61)60-58(63)52-48-44-40-36-33-29-26-24-22-20-18-17-19-21-23-25-27-30-34-38-42-46-50-54-65-59(64)53-49-45-41-37-31-14-12-10-8-6-4-2/h10,12,56-57,61-62H,3-9,11,13-55H2,1-2H3,(H,60,63)/b12-10-. The molecule has 0 spiro atoms. The summed E-state index contributed by atoms with van der Waals surface area (Å²) >= 11 is 0. The zero-order valence-electron chi connectivity index (χ0n) is 44.0. The summed E-state index contributed by atoms with van der Waals surface area (Å²) in [6.07, 6.45) is 65.0. The van der Waals surface area contributed by atoms with Crippen LogP contribution in [0.2, 0.25) is 0 Å². The van der Waals surface area contributed by atoms with E-state index in [1.807, 2.05) is 0 Å². The number of carbonyl (C=O) groups excluding carboxylic acids is 2. The first kappa shape index (κ1) is 63.6. The predicted molar refractivity (Wildman–Crippen MR) is 283 cm³/mol. The number of allylic oxidation sites excluding steroid dienone is 2. The lowest BCUT2D eigenvalue weighted by molar-refractivity contribution is -0.143. The minimum atomic E-state index is -0.662. The molecule has 0 fully saturated rings. The minimum Gasteiger partial charge on any atom is -0.466 e. The van der Waals surface area contributed by atoms with Crippen LogP contribution in [-0.4, -0.2) is 47.4 Å². The summed E-state index contributed by atoms with van der Waals surface area (Å²) in [4.78, 5) is 24.5. The second kappa shape index (κ2) is 55.2. The Morgan fingerprint density at radius 2 is 0.738 bits per heavy atom. The summed E-state index contributed by atoms with van der Waals surface area (Å²) in [5.74, 6) is -0.0291. The van der Waals surface area contributed by atoms with Crippen molar-refractivity contribution in [3.8, 4) is 0 Å². The van der Waals surface area contributed by atoms with E-state index in [4.69, 9.17) is 4.74 Å². The Morgan fingerprint density at radius 1 is 0.415 bits per heavy atom. The maximum Gasteiger partial charge on any atom is 0.305 e. The van der Waals surface area contributed by atoms with Gasteiger partial charge in [0.25, 0.3) is 0 Å². The fraction of sp³-hybridized carbons (Fsp3) is 0.932. The van der Waals surface area contributed by atoms with Gasteiger partial charge in [0.1, 0.15) is 0 Å². The Kier molecular flexibility index (Phi) is 54.0. The van der Waals surface area contributed by atoms with Gasteiger partial charge in [0.2, 0.25) is 5.91 Å². The number of carbonyl (C=O) groups is 2. The first-order valence-corrected chi connectivity index (χ1v) is 29.4. The van der Waals surface area contributed by atoms with E-state index < -0.39 is 12.1 Å². The van der Waals surface area contributed by atoms with E-state index in [1.165, 1.54) is 250 Å². The number of aliphatic hydroxyl groups is 2. The van der Waals surface area contributed by atoms with Gasteiger partial charge in [-0.3, -0.25) is 9.59 Å². The van der Waals surface area contributed by atoms with E-state index >= 15 is 0 Å². The Morgan fingerprint density at radius 3 is 1.14 bits per heavy atom. The normalized spacial score (nSPS) is 12.6. The Hall–Kier alpha value is -1.40. The molecule has 0 aliphatic rings. The minimum absolute atomic E-state index is 0.00369. The third-order valence-corrected chi connectivity index (χ3v) is 13.8. The van der Waals surface area contributed by atoms with Crippen molar-refractivity contribution in [2.24, 2.45) is 0 Å². The number of amides is 1. The molecule has 65 heavy (non-hydrogen) atoms. The van der Waals surface area contributed by atoms with Crippen LogP contribution in [0.1, 0.15) is 328 Å². The molecule has 3 N–H and O–H groups in total. The van der Waals surface area contributed by atoms with Gasteiger partial charge in [-0.15, -0.1) is 0 Å². The van der Waals surface area contributed by atoms with Crippen LogP contribution in [-0.2, 0) is 14.3 Å². The number of hydrogen-bond donors (Lipinski definition) is 3. The molecule has 2 unspecified atom stereocenters. The van der Waals surface area contributed by atoms with Crippen molar-refractivity contribution in [2.45, 2.75) is 341 Å². The zero-order valence-corrected chi connectivity index (χ0v) is 44.0. The highest BCUT2D eigenvalue weighted by Gasteiger charge is 2.20. The number of unbranched alkanes of at least 4 members (excludes halogenated alkanes) is 42. The molecule has 0 heterocycles. The summed E-state index contributed by atoms with van der Waals surface area (Å²) in [5, 5.41) is 23.3. The summed E-state index contributed by atoms with van der Waals surface area (Å²) in [6.45, 7) is 4.93. The lowest BCUT2D eigenvalue weighted by Crippen LogP contribution is -2.45. The Bertz CT molecular complexity index is 970. The number of ether oxygens (including phenoxy) is 1. The fourth-order valence-electron chi connectivity index (χ4n) is 9.27. The number of hydrogen-bond acceptors (Lipinski definition) is 5. The van der Waals surface area contributed by atoms with Gasteiger partial charge in [0.05, 0.1) is 25.4 Å². The molecule has 0 radical (unpaired) electrons. The van der Waals surface area contributed by atoms with Crippen LogP contribution in [0.5, 0.6) is 0 Å². The molecule has 0 aliphatic heterocycles. The van der Waals surface area contributed by atoms with E-state index in [0.29, 0.717) is 25.9 Å². The molecule has 0 saturated carbocycles.